The number of ether oxygens (including phenoxy) is 1. The number of hydrogen-bond acceptors (Lipinski definition) is 7. The average molecular weight is 360 g/mol. The van der Waals surface area contributed by atoms with Crippen LogP contribution in [0, 0.1) is 0 Å². The molecule has 1 aliphatic heterocycles. The van der Waals surface area contributed by atoms with Crippen LogP contribution in [0.1, 0.15) is 10.4 Å². The van der Waals surface area contributed by atoms with Gasteiger partial charge in [-0.3, -0.25) is 9.59 Å². The largest absolute Gasteiger partial charge is 0.437 e. The summed E-state index contributed by atoms with van der Waals surface area (Å²) >= 11 is 5.50. The van der Waals surface area contributed by atoms with Crippen molar-refractivity contribution in [1.82, 2.24) is 4.98 Å². The maximum atomic E-state index is 12.9. The van der Waals surface area contributed by atoms with Crippen LogP contribution in [0.3, 0.4) is 0 Å². The number of halogens is 1. The molecule has 128 valence electrons. The molecule has 0 aliphatic carbocycles. The van der Waals surface area contributed by atoms with Crippen molar-refractivity contribution in [2.45, 2.75) is 0 Å². The van der Waals surface area contributed by atoms with Crippen molar-refractivity contribution in [3.8, 4) is 0 Å². The van der Waals surface area contributed by atoms with E-state index in [1.807, 2.05) is 6.07 Å². The molecule has 0 radical (unpaired) electrons. The number of rotatable bonds is 2. The lowest BCUT2D eigenvalue weighted by atomic mass is 10.1. The van der Waals surface area contributed by atoms with Crippen LogP contribution in [0.4, 0.5) is 11.5 Å². The van der Waals surface area contributed by atoms with Crippen molar-refractivity contribution in [2.24, 2.45) is 0 Å². The molecule has 4 rings (SSSR count). The maximum absolute atomic E-state index is 12.9. The van der Waals surface area contributed by atoms with E-state index in [9.17, 15) is 9.59 Å². The standard InChI is InChI=1S/C17H14ClN3O4/c18-15(23)12-8-11-14(22)10-7-9(21-3-5-24-6-4-21)1-2-13(10)25-17(11)20-16(12)19/h1-2,7-8H,3-6H2,(H2,19,20). The summed E-state index contributed by atoms with van der Waals surface area (Å²) in [5.41, 5.74) is 6.82. The number of nitrogens with zero attached hydrogens (tertiary/aromatic N) is 2. The topological polar surface area (TPSA) is 98.7 Å². The molecule has 0 bridgehead atoms. The van der Waals surface area contributed by atoms with Crippen molar-refractivity contribution in [3.05, 3.63) is 40.1 Å². The van der Waals surface area contributed by atoms with Crippen molar-refractivity contribution in [3.63, 3.8) is 0 Å². The van der Waals surface area contributed by atoms with Gasteiger partial charge in [0.1, 0.15) is 11.4 Å². The molecule has 7 nitrogen and oxygen atoms in total. The normalized spacial score (nSPS) is 15.0. The Morgan fingerprint density at radius 1 is 1.20 bits per heavy atom. The number of nitrogen functional groups attached to an aromatic ring is 1. The molecule has 0 unspecified atom stereocenters. The van der Waals surface area contributed by atoms with Crippen molar-refractivity contribution in [2.75, 3.05) is 36.9 Å². The molecule has 3 aromatic rings. The molecule has 8 heteroatoms. The second-order valence-electron chi connectivity index (χ2n) is 5.76. The van der Waals surface area contributed by atoms with E-state index in [2.05, 4.69) is 9.88 Å². The number of anilines is 2. The lowest BCUT2D eigenvalue weighted by Gasteiger charge is -2.28. The number of fused-ring (bicyclic) bond motifs is 2. The molecule has 1 aromatic carbocycles. The van der Waals surface area contributed by atoms with Crippen molar-refractivity contribution < 1.29 is 13.9 Å². The summed E-state index contributed by atoms with van der Waals surface area (Å²) in [6.07, 6.45) is 0. The summed E-state index contributed by atoms with van der Waals surface area (Å²) in [5, 5.41) is -0.186. The molecule has 2 aromatic heterocycles. The van der Waals surface area contributed by atoms with E-state index in [4.69, 9.17) is 26.5 Å². The number of hydrogen-bond donors (Lipinski definition) is 1. The Morgan fingerprint density at radius 2 is 1.96 bits per heavy atom. The van der Waals surface area contributed by atoms with Gasteiger partial charge >= 0.3 is 0 Å². The van der Waals surface area contributed by atoms with E-state index in [1.165, 1.54) is 6.07 Å². The summed E-state index contributed by atoms with van der Waals surface area (Å²) in [4.78, 5) is 30.4. The smallest absolute Gasteiger partial charge is 0.256 e. The first-order valence-electron chi connectivity index (χ1n) is 7.74. The van der Waals surface area contributed by atoms with E-state index >= 15 is 0 Å². The summed E-state index contributed by atoms with van der Waals surface area (Å²) in [6, 6.07) is 6.74. The van der Waals surface area contributed by atoms with Crippen LogP contribution in [0.15, 0.2) is 33.5 Å². The number of nitrogens with two attached hydrogens (primary N) is 1. The summed E-state index contributed by atoms with van der Waals surface area (Å²) in [6.45, 7) is 2.81. The van der Waals surface area contributed by atoms with E-state index in [-0.39, 0.29) is 27.9 Å². The third-order valence-electron chi connectivity index (χ3n) is 4.26. The highest BCUT2D eigenvalue weighted by molar-refractivity contribution is 6.68. The molecule has 0 spiro atoms. The molecule has 1 aliphatic rings. The first kappa shape index (κ1) is 15.9. The Kier molecular flexibility index (Phi) is 3.82. The summed E-state index contributed by atoms with van der Waals surface area (Å²) in [7, 11) is 0. The second-order valence-corrected chi connectivity index (χ2v) is 6.10. The Labute approximate surface area is 146 Å². The van der Waals surface area contributed by atoms with Gasteiger partial charge in [0.2, 0.25) is 11.1 Å². The third-order valence-corrected chi connectivity index (χ3v) is 4.47. The lowest BCUT2D eigenvalue weighted by molar-refractivity contribution is 0.108. The van der Waals surface area contributed by atoms with Crippen LogP contribution < -0.4 is 16.1 Å². The van der Waals surface area contributed by atoms with Gasteiger partial charge < -0.3 is 19.8 Å². The molecule has 2 N–H and O–H groups in total. The number of morpholine rings is 1. The first-order valence-corrected chi connectivity index (χ1v) is 8.12. The van der Waals surface area contributed by atoms with Crippen LogP contribution in [-0.2, 0) is 4.74 Å². The highest BCUT2D eigenvalue weighted by Crippen LogP contribution is 2.25. The molecule has 0 amide bonds. The van der Waals surface area contributed by atoms with Gasteiger partial charge in [0.05, 0.1) is 29.5 Å². The third kappa shape index (κ3) is 2.71. The van der Waals surface area contributed by atoms with Gasteiger partial charge in [0, 0.05) is 18.8 Å². The molecule has 3 heterocycles. The second kappa shape index (κ2) is 6.02. The predicted molar refractivity (Wildman–Crippen MR) is 95.4 cm³/mol. The molecule has 1 saturated heterocycles. The average Bonchev–Trinajstić information content (AvgIpc) is 2.62. The molecule has 0 saturated carbocycles. The Hall–Kier alpha value is -2.64. The van der Waals surface area contributed by atoms with Gasteiger partial charge in [0.25, 0.3) is 5.24 Å². The van der Waals surface area contributed by atoms with Gasteiger partial charge in [-0.05, 0) is 35.9 Å². The monoisotopic (exact) mass is 359 g/mol. The van der Waals surface area contributed by atoms with Crippen LogP contribution >= 0.6 is 11.6 Å². The Balaban J connectivity index is 1.93. The van der Waals surface area contributed by atoms with Crippen LogP contribution in [0.25, 0.3) is 22.1 Å². The number of carbonyl (C=O) groups is 1. The zero-order chi connectivity index (χ0) is 17.6. The van der Waals surface area contributed by atoms with E-state index < -0.39 is 5.24 Å². The summed E-state index contributed by atoms with van der Waals surface area (Å²) < 4.78 is 11.0. The van der Waals surface area contributed by atoms with Gasteiger partial charge in [-0.2, -0.15) is 4.98 Å². The van der Waals surface area contributed by atoms with Crippen molar-refractivity contribution in [1.29, 1.82) is 0 Å². The minimum atomic E-state index is -0.770. The SMILES string of the molecule is Nc1nc2oc3ccc(N4CCOCC4)cc3c(=O)c2cc1C(=O)Cl. The van der Waals surface area contributed by atoms with Gasteiger partial charge in [-0.1, -0.05) is 0 Å². The quantitative estimate of drug-likeness (QED) is 0.552. The minimum Gasteiger partial charge on any atom is -0.437 e. The molecule has 25 heavy (non-hydrogen) atoms. The fourth-order valence-corrected chi connectivity index (χ4v) is 3.11. The van der Waals surface area contributed by atoms with E-state index in [0.717, 1.165) is 18.8 Å². The van der Waals surface area contributed by atoms with Crippen LogP contribution in [0.5, 0.6) is 0 Å². The van der Waals surface area contributed by atoms with Crippen LogP contribution in [0.2, 0.25) is 0 Å². The molecular formula is C17H14ClN3O4. The number of benzene rings is 1. The lowest BCUT2D eigenvalue weighted by Crippen LogP contribution is -2.36. The van der Waals surface area contributed by atoms with Gasteiger partial charge in [-0.25, -0.2) is 0 Å². The number of pyridine rings is 1. The molecule has 1 fully saturated rings. The highest BCUT2D eigenvalue weighted by atomic mass is 35.5. The van der Waals surface area contributed by atoms with E-state index in [1.54, 1.807) is 12.1 Å². The highest BCUT2D eigenvalue weighted by Gasteiger charge is 2.17. The predicted octanol–water partition coefficient (Wildman–Crippen LogP) is 2.14. The number of aromatic nitrogens is 1. The van der Waals surface area contributed by atoms with Gasteiger partial charge in [-0.15, -0.1) is 0 Å². The Morgan fingerprint density at radius 3 is 2.68 bits per heavy atom. The molecular weight excluding hydrogens is 346 g/mol. The fourth-order valence-electron chi connectivity index (χ4n) is 2.96. The molecule has 0 atom stereocenters. The number of carbonyl (C=O) groups excluding carboxylic acids is 1. The van der Waals surface area contributed by atoms with Gasteiger partial charge in [0.15, 0.2) is 0 Å². The zero-order valence-corrected chi connectivity index (χ0v) is 13.9. The maximum Gasteiger partial charge on any atom is 0.256 e. The summed E-state index contributed by atoms with van der Waals surface area (Å²) in [5.74, 6) is -0.0695. The fraction of sp³-hybridized carbons (Fsp3) is 0.235. The minimum absolute atomic E-state index is 0.00912. The zero-order valence-electron chi connectivity index (χ0n) is 13.1. The Bertz CT molecular complexity index is 1060. The van der Waals surface area contributed by atoms with Crippen molar-refractivity contribution >= 4 is 50.4 Å². The van der Waals surface area contributed by atoms with Crippen LogP contribution in [-0.4, -0.2) is 36.5 Å². The first-order chi connectivity index (χ1) is 12.0. The van der Waals surface area contributed by atoms with E-state index in [0.29, 0.717) is 24.2 Å².